The molecule has 0 aromatic rings. The Labute approximate surface area is 161 Å². The van der Waals surface area contributed by atoms with Crippen molar-refractivity contribution < 1.29 is 19.5 Å². The van der Waals surface area contributed by atoms with Crippen LogP contribution in [0.2, 0.25) is 25.7 Å². The molecular weight excluding hydrogens is 368 g/mol. The second kappa shape index (κ2) is 11.7. The van der Waals surface area contributed by atoms with Crippen molar-refractivity contribution in [3.8, 4) is 0 Å². The number of nitrogens with one attached hydrogen (secondary N) is 4. The number of hydrogen-bond donors (Lipinski definition) is 7. The molecule has 0 fully saturated rings. The van der Waals surface area contributed by atoms with Gasteiger partial charge in [-0.3, -0.25) is 19.8 Å². The van der Waals surface area contributed by atoms with Gasteiger partial charge in [0.15, 0.2) is 5.96 Å². The number of guanidine groups is 1. The third-order valence-corrected chi connectivity index (χ3v) is 5.33. The molecule has 0 aliphatic rings. The van der Waals surface area contributed by atoms with Crippen LogP contribution in [-0.2, 0) is 14.4 Å². The summed E-state index contributed by atoms with van der Waals surface area (Å²) in [4.78, 5) is 35.7. The Morgan fingerprint density at radius 2 is 1.81 bits per heavy atom. The van der Waals surface area contributed by atoms with Crippen LogP contribution in [0.15, 0.2) is 0 Å². The quantitative estimate of drug-likeness (QED) is 0.0886. The van der Waals surface area contributed by atoms with Crippen LogP contribution in [0.5, 0.6) is 0 Å². The van der Waals surface area contributed by atoms with Gasteiger partial charge in [0.05, 0.1) is 12.1 Å². The van der Waals surface area contributed by atoms with Gasteiger partial charge in [-0.1, -0.05) is 19.6 Å². The molecule has 0 heterocycles. The summed E-state index contributed by atoms with van der Waals surface area (Å²) in [5, 5.41) is 24.2. The molecule has 0 spiro atoms. The van der Waals surface area contributed by atoms with Gasteiger partial charge >= 0.3 is 0 Å². The molecule has 0 saturated carbocycles. The molecule has 0 saturated heterocycles. The van der Waals surface area contributed by atoms with Gasteiger partial charge in [0.25, 0.3) is 0 Å². The van der Waals surface area contributed by atoms with Crippen LogP contribution in [0.1, 0.15) is 19.8 Å². The van der Waals surface area contributed by atoms with Gasteiger partial charge in [0.2, 0.25) is 18.1 Å². The summed E-state index contributed by atoms with van der Waals surface area (Å²) in [7, 11) is -1.74. The van der Waals surface area contributed by atoms with Crippen LogP contribution in [0.25, 0.3) is 0 Å². The number of amides is 2. The molecule has 0 rings (SSSR count). The van der Waals surface area contributed by atoms with E-state index < -0.39 is 44.1 Å². The zero-order chi connectivity index (χ0) is 21.2. The molecule has 155 valence electrons. The van der Waals surface area contributed by atoms with E-state index in [0.717, 1.165) is 0 Å². The van der Waals surface area contributed by atoms with Crippen LogP contribution in [0.4, 0.5) is 0 Å². The van der Waals surface area contributed by atoms with Gasteiger partial charge in [0, 0.05) is 14.6 Å². The van der Waals surface area contributed by atoms with Crippen LogP contribution < -0.4 is 27.4 Å². The van der Waals surface area contributed by atoms with Crippen LogP contribution >= 0.6 is 0 Å². The fourth-order valence-corrected chi connectivity index (χ4v) is 3.79. The van der Waals surface area contributed by atoms with E-state index in [2.05, 4.69) is 16.0 Å². The summed E-state index contributed by atoms with van der Waals surface area (Å²) in [6.45, 7) is 7.92. The first kappa shape index (κ1) is 25.0. The first-order valence-electron chi connectivity index (χ1n) is 8.87. The average molecular weight is 402 g/mol. The zero-order valence-electron chi connectivity index (χ0n) is 16.5. The first-order chi connectivity index (χ1) is 12.4. The van der Waals surface area contributed by atoms with E-state index >= 15 is 0 Å². The predicted molar refractivity (Wildman–Crippen MR) is 107 cm³/mol. The standard InChI is InChI=1S/C16H33N6O4Si/c1-10(24)12(8-23)21-15(26)13(9-27(2,3)4)22-14(25)11(17)6-5-7-20-16(18)19/h10-13,24H,5-7,9,17H2,1-4H3,(H,21,26)(H,22,25)(H4,18,19,20)/t10-,11-,12+,13-/m0/s1. The summed E-state index contributed by atoms with van der Waals surface area (Å²) >= 11 is 0. The minimum Gasteiger partial charge on any atom is -0.391 e. The molecular formula is C16H33N6O4Si. The monoisotopic (exact) mass is 401 g/mol. The lowest BCUT2D eigenvalue weighted by Crippen LogP contribution is -2.56. The summed E-state index contributed by atoms with van der Waals surface area (Å²) in [5.41, 5.74) is 11.0. The number of nitrogens with two attached hydrogens (primary N) is 2. The van der Waals surface area contributed by atoms with Gasteiger partial charge in [-0.2, -0.15) is 0 Å². The van der Waals surface area contributed by atoms with Crippen LogP contribution in [0, 0.1) is 5.41 Å². The highest BCUT2D eigenvalue weighted by molar-refractivity contribution is 6.76. The maximum Gasteiger partial charge on any atom is 0.242 e. The highest BCUT2D eigenvalue weighted by Gasteiger charge is 2.31. The Kier molecular flexibility index (Phi) is 10.8. The summed E-state index contributed by atoms with van der Waals surface area (Å²) in [6.07, 6.45) is 1.37. The number of carbonyl (C=O) groups excluding carboxylic acids is 3. The van der Waals surface area contributed by atoms with Gasteiger partial charge in [-0.15, -0.1) is 0 Å². The third-order valence-electron chi connectivity index (χ3n) is 3.70. The molecule has 1 radical (unpaired) electrons. The molecule has 0 aromatic heterocycles. The van der Waals surface area contributed by atoms with E-state index in [1.807, 2.05) is 19.6 Å². The van der Waals surface area contributed by atoms with Gasteiger partial charge in [0.1, 0.15) is 12.1 Å². The predicted octanol–water partition coefficient (Wildman–Crippen LogP) is -1.62. The van der Waals surface area contributed by atoms with Crippen LogP contribution in [0.3, 0.4) is 0 Å². The second-order valence-electron chi connectivity index (χ2n) is 7.76. The molecule has 27 heavy (non-hydrogen) atoms. The van der Waals surface area contributed by atoms with Crippen molar-refractivity contribution in [2.45, 2.75) is 69.7 Å². The molecule has 10 nitrogen and oxygen atoms in total. The van der Waals surface area contributed by atoms with E-state index in [-0.39, 0.29) is 5.96 Å². The van der Waals surface area contributed by atoms with Crippen molar-refractivity contribution in [1.29, 1.82) is 5.41 Å². The normalized spacial score (nSPS) is 15.8. The Morgan fingerprint density at radius 3 is 2.26 bits per heavy atom. The fraction of sp³-hybridized carbons (Fsp3) is 0.750. The third kappa shape index (κ3) is 11.4. The van der Waals surface area contributed by atoms with Crippen molar-refractivity contribution in [3.63, 3.8) is 0 Å². The second-order valence-corrected chi connectivity index (χ2v) is 13.3. The van der Waals surface area contributed by atoms with E-state index in [0.29, 0.717) is 25.4 Å². The molecule has 4 atom stereocenters. The molecule has 2 amide bonds. The highest BCUT2D eigenvalue weighted by atomic mass is 28.3. The summed E-state index contributed by atoms with van der Waals surface area (Å²) in [6, 6.07) is -2.37. The lowest BCUT2D eigenvalue weighted by atomic mass is 10.1. The summed E-state index contributed by atoms with van der Waals surface area (Å²) < 4.78 is 0. The zero-order valence-corrected chi connectivity index (χ0v) is 17.5. The molecule has 0 unspecified atom stereocenters. The fourth-order valence-electron chi connectivity index (χ4n) is 2.28. The van der Waals surface area contributed by atoms with E-state index in [1.165, 1.54) is 6.92 Å². The molecule has 0 bridgehead atoms. The Hall–Kier alpha value is -1.98. The number of aliphatic hydroxyl groups excluding tert-OH is 1. The van der Waals surface area contributed by atoms with Crippen molar-refractivity contribution in [3.05, 3.63) is 0 Å². The largest absolute Gasteiger partial charge is 0.391 e. The van der Waals surface area contributed by atoms with Crippen molar-refractivity contribution >= 4 is 32.1 Å². The number of hydrogen-bond acceptors (Lipinski definition) is 6. The Morgan fingerprint density at radius 1 is 1.22 bits per heavy atom. The SMILES string of the molecule is C[C@H](O)[C@@H]([C]=O)NC(=O)[C@H](C[Si](C)(C)C)NC(=O)[C@@H](N)CCCNC(=N)N. The van der Waals surface area contributed by atoms with E-state index in [1.54, 1.807) is 6.29 Å². The minimum absolute atomic E-state index is 0.153. The van der Waals surface area contributed by atoms with E-state index in [4.69, 9.17) is 16.9 Å². The van der Waals surface area contributed by atoms with E-state index in [9.17, 15) is 19.5 Å². The lowest BCUT2D eigenvalue weighted by molar-refractivity contribution is -0.129. The smallest absolute Gasteiger partial charge is 0.242 e. The molecule has 11 heteroatoms. The number of aliphatic hydroxyl groups is 1. The number of rotatable bonds is 12. The topological polar surface area (TPSA) is 183 Å². The Balaban J connectivity index is 4.88. The molecule has 0 aliphatic heterocycles. The highest BCUT2D eigenvalue weighted by Crippen LogP contribution is 2.12. The first-order valence-corrected chi connectivity index (χ1v) is 12.6. The van der Waals surface area contributed by atoms with Crippen molar-refractivity contribution in [1.82, 2.24) is 16.0 Å². The maximum absolute atomic E-state index is 12.5. The van der Waals surface area contributed by atoms with Crippen molar-refractivity contribution in [2.24, 2.45) is 11.5 Å². The minimum atomic E-state index is -1.74. The average Bonchev–Trinajstić information content (AvgIpc) is 2.53. The molecule has 0 aliphatic carbocycles. The molecule has 9 N–H and O–H groups in total. The van der Waals surface area contributed by atoms with Gasteiger partial charge < -0.3 is 32.5 Å². The maximum atomic E-state index is 12.5. The van der Waals surface area contributed by atoms with Crippen LogP contribution in [-0.4, -0.2) is 68.0 Å². The number of carbonyl (C=O) groups is 2. The van der Waals surface area contributed by atoms with Crippen molar-refractivity contribution in [2.75, 3.05) is 6.54 Å². The summed E-state index contributed by atoms with van der Waals surface area (Å²) in [5.74, 6) is -1.18. The van der Waals surface area contributed by atoms with Gasteiger partial charge in [-0.05, 0) is 25.8 Å². The lowest BCUT2D eigenvalue weighted by Gasteiger charge is -2.27. The van der Waals surface area contributed by atoms with Gasteiger partial charge in [-0.25, -0.2) is 0 Å². The Bertz CT molecular complexity index is 524. The molecule has 0 aromatic carbocycles.